The lowest BCUT2D eigenvalue weighted by molar-refractivity contribution is 0.429. The van der Waals surface area contributed by atoms with E-state index >= 15 is 0 Å². The minimum absolute atomic E-state index is 0.126. The Morgan fingerprint density at radius 3 is 1.84 bits per heavy atom. The lowest BCUT2D eigenvalue weighted by Gasteiger charge is -2.28. The number of hydrogen-bond acceptors (Lipinski definition) is 2. The van der Waals surface area contributed by atoms with Crippen molar-refractivity contribution in [2.75, 3.05) is 0 Å². The van der Waals surface area contributed by atoms with Gasteiger partial charge in [-0.25, -0.2) is 0 Å². The largest absolute Gasteiger partial charge is 0.507 e. The molecule has 0 heterocycles. The molecule has 2 heteroatoms. The van der Waals surface area contributed by atoms with E-state index in [0.29, 0.717) is 23.8 Å². The maximum Gasteiger partial charge on any atom is 0.122 e. The average molecular weight is 521 g/mol. The van der Waals surface area contributed by atoms with E-state index in [2.05, 4.69) is 58.9 Å². The molecule has 2 N–H and O–H groups in total. The number of phenolic OH excluding ortho intramolecular Hbond substituents is 2. The van der Waals surface area contributed by atoms with Gasteiger partial charge in [-0.3, -0.25) is 0 Å². The van der Waals surface area contributed by atoms with Crippen LogP contribution < -0.4 is 0 Å². The van der Waals surface area contributed by atoms with Crippen molar-refractivity contribution in [1.82, 2.24) is 0 Å². The van der Waals surface area contributed by atoms with Gasteiger partial charge in [-0.05, 0) is 71.8 Å². The molecule has 0 aromatic heterocycles. The fourth-order valence-corrected chi connectivity index (χ4v) is 6.36. The van der Waals surface area contributed by atoms with Gasteiger partial charge in [-0.15, -0.1) is 0 Å². The summed E-state index contributed by atoms with van der Waals surface area (Å²) >= 11 is 0. The van der Waals surface area contributed by atoms with E-state index in [1.807, 2.05) is 0 Å². The van der Waals surface area contributed by atoms with Crippen molar-refractivity contribution in [1.29, 1.82) is 0 Å². The molecule has 0 radical (unpaired) electrons. The zero-order chi connectivity index (χ0) is 27.5. The van der Waals surface area contributed by atoms with E-state index in [0.717, 1.165) is 35.1 Å². The van der Waals surface area contributed by atoms with Gasteiger partial charge in [0.05, 0.1) is 0 Å². The number of benzene rings is 2. The SMILES string of the molecule is CCCCCCCCCCCCc1cc(C)cc(Cc2cc(C3CCCCC3)cc(C(C)(C)C)c2O)c1O. The van der Waals surface area contributed by atoms with Crippen LogP contribution >= 0.6 is 0 Å². The summed E-state index contributed by atoms with van der Waals surface area (Å²) in [4.78, 5) is 0. The van der Waals surface area contributed by atoms with Crippen molar-refractivity contribution < 1.29 is 10.2 Å². The van der Waals surface area contributed by atoms with E-state index in [-0.39, 0.29) is 5.41 Å². The van der Waals surface area contributed by atoms with Crippen LogP contribution in [0.15, 0.2) is 24.3 Å². The van der Waals surface area contributed by atoms with Crippen molar-refractivity contribution in [3.05, 3.63) is 57.6 Å². The van der Waals surface area contributed by atoms with Gasteiger partial charge in [0.2, 0.25) is 0 Å². The Morgan fingerprint density at radius 2 is 1.24 bits per heavy atom. The highest BCUT2D eigenvalue weighted by Crippen LogP contribution is 2.41. The van der Waals surface area contributed by atoms with Crippen LogP contribution in [0.4, 0.5) is 0 Å². The highest BCUT2D eigenvalue weighted by Gasteiger charge is 2.25. The van der Waals surface area contributed by atoms with Crippen LogP contribution in [0.25, 0.3) is 0 Å². The Hall–Kier alpha value is -1.96. The van der Waals surface area contributed by atoms with E-state index < -0.39 is 0 Å². The van der Waals surface area contributed by atoms with Crippen LogP contribution in [0.5, 0.6) is 11.5 Å². The summed E-state index contributed by atoms with van der Waals surface area (Å²) in [5.41, 5.74) is 6.46. The van der Waals surface area contributed by atoms with Crippen LogP contribution in [0.2, 0.25) is 0 Å². The first-order chi connectivity index (χ1) is 18.2. The fraction of sp³-hybridized carbons (Fsp3) is 0.667. The standard InChI is InChI=1S/C36H56O2/c1-6-7-8-9-10-11-12-13-14-16-21-29-22-27(2)23-31(34(29)37)25-32-24-30(28-19-17-15-18-20-28)26-33(35(32)38)36(3,4)5/h22-24,26,28,37-38H,6-21,25H2,1-5H3. The average Bonchev–Trinajstić information content (AvgIpc) is 2.88. The van der Waals surface area contributed by atoms with E-state index in [9.17, 15) is 10.2 Å². The minimum atomic E-state index is -0.126. The predicted molar refractivity (Wildman–Crippen MR) is 164 cm³/mol. The fourth-order valence-electron chi connectivity index (χ4n) is 6.36. The second-order valence-electron chi connectivity index (χ2n) is 13.2. The summed E-state index contributed by atoms with van der Waals surface area (Å²) in [7, 11) is 0. The lowest BCUT2D eigenvalue weighted by Crippen LogP contribution is -2.14. The number of aryl methyl sites for hydroxylation is 2. The normalized spacial score (nSPS) is 14.8. The molecular formula is C36H56O2. The molecule has 212 valence electrons. The summed E-state index contributed by atoms with van der Waals surface area (Å²) in [6.07, 6.45) is 21.2. The number of unbranched alkanes of at least 4 members (excludes halogenated alkanes) is 9. The molecule has 0 amide bonds. The Kier molecular flexibility index (Phi) is 12.1. The Bertz CT molecular complexity index is 991. The van der Waals surface area contributed by atoms with Crippen LogP contribution in [-0.2, 0) is 18.3 Å². The van der Waals surface area contributed by atoms with Gasteiger partial charge in [0.1, 0.15) is 11.5 Å². The molecule has 1 fully saturated rings. The Balaban J connectivity index is 1.68. The quantitative estimate of drug-likeness (QED) is 0.243. The molecule has 0 bridgehead atoms. The van der Waals surface area contributed by atoms with E-state index in [4.69, 9.17) is 0 Å². The highest BCUT2D eigenvalue weighted by molar-refractivity contribution is 5.52. The topological polar surface area (TPSA) is 40.5 Å². The maximum absolute atomic E-state index is 11.4. The van der Waals surface area contributed by atoms with Crippen LogP contribution in [0.1, 0.15) is 163 Å². The number of phenols is 2. The third kappa shape index (κ3) is 9.06. The van der Waals surface area contributed by atoms with E-state index in [1.54, 1.807) is 0 Å². The predicted octanol–water partition coefficient (Wildman–Crippen LogP) is 10.8. The van der Waals surface area contributed by atoms with Gasteiger partial charge in [0, 0.05) is 6.42 Å². The summed E-state index contributed by atoms with van der Waals surface area (Å²) < 4.78 is 0. The van der Waals surface area contributed by atoms with Crippen LogP contribution in [0.3, 0.4) is 0 Å². The Morgan fingerprint density at radius 1 is 0.684 bits per heavy atom. The maximum atomic E-state index is 11.4. The van der Waals surface area contributed by atoms with Gasteiger partial charge in [0.15, 0.2) is 0 Å². The smallest absolute Gasteiger partial charge is 0.122 e. The van der Waals surface area contributed by atoms with Crippen molar-refractivity contribution >= 4 is 0 Å². The van der Waals surface area contributed by atoms with Gasteiger partial charge in [-0.2, -0.15) is 0 Å². The molecule has 2 aromatic rings. The number of rotatable bonds is 14. The van der Waals surface area contributed by atoms with Gasteiger partial charge >= 0.3 is 0 Å². The van der Waals surface area contributed by atoms with Crippen molar-refractivity contribution in [2.24, 2.45) is 0 Å². The number of hydrogen-bond donors (Lipinski definition) is 2. The molecule has 0 spiro atoms. The second-order valence-corrected chi connectivity index (χ2v) is 13.2. The third-order valence-electron chi connectivity index (χ3n) is 8.69. The van der Waals surface area contributed by atoms with Crippen LogP contribution in [-0.4, -0.2) is 10.2 Å². The molecule has 0 unspecified atom stereocenters. The van der Waals surface area contributed by atoms with Gasteiger partial charge in [0.25, 0.3) is 0 Å². The molecular weight excluding hydrogens is 464 g/mol. The number of aromatic hydroxyl groups is 2. The van der Waals surface area contributed by atoms with Crippen molar-refractivity contribution in [3.8, 4) is 11.5 Å². The molecule has 1 aliphatic rings. The van der Waals surface area contributed by atoms with E-state index in [1.165, 1.54) is 101 Å². The lowest BCUT2D eigenvalue weighted by atomic mass is 9.78. The van der Waals surface area contributed by atoms with Gasteiger partial charge < -0.3 is 10.2 Å². The molecule has 2 aromatic carbocycles. The molecule has 3 rings (SSSR count). The molecule has 0 aliphatic heterocycles. The minimum Gasteiger partial charge on any atom is -0.507 e. The molecule has 0 atom stereocenters. The monoisotopic (exact) mass is 520 g/mol. The summed E-state index contributed by atoms with van der Waals surface area (Å²) in [5.74, 6) is 1.43. The first kappa shape index (κ1) is 30.6. The highest BCUT2D eigenvalue weighted by atomic mass is 16.3. The molecule has 1 saturated carbocycles. The molecule has 38 heavy (non-hydrogen) atoms. The Labute approximate surface area is 234 Å². The molecule has 0 saturated heterocycles. The summed E-state index contributed by atoms with van der Waals surface area (Å²) in [6.45, 7) is 11.0. The first-order valence-corrected chi connectivity index (χ1v) is 15.9. The summed E-state index contributed by atoms with van der Waals surface area (Å²) in [6, 6.07) is 8.78. The van der Waals surface area contributed by atoms with Crippen molar-refractivity contribution in [3.63, 3.8) is 0 Å². The van der Waals surface area contributed by atoms with Crippen molar-refractivity contribution in [2.45, 2.75) is 155 Å². The van der Waals surface area contributed by atoms with Gasteiger partial charge in [-0.1, -0.05) is 135 Å². The zero-order valence-corrected chi connectivity index (χ0v) is 25.3. The first-order valence-electron chi connectivity index (χ1n) is 15.9. The van der Waals surface area contributed by atoms with Crippen LogP contribution in [0, 0.1) is 6.92 Å². The molecule has 1 aliphatic carbocycles. The summed E-state index contributed by atoms with van der Waals surface area (Å²) in [5, 5.41) is 22.6. The zero-order valence-electron chi connectivity index (χ0n) is 25.3. The third-order valence-corrected chi connectivity index (χ3v) is 8.69. The molecule has 2 nitrogen and oxygen atoms in total. The second kappa shape index (κ2) is 15.0.